The molecule has 264 valence electrons. The van der Waals surface area contributed by atoms with Crippen molar-refractivity contribution in [3.63, 3.8) is 0 Å². The molecule has 0 radical (unpaired) electrons. The number of hydrogen-bond acceptors (Lipinski definition) is 7. The minimum Gasteiger partial charge on any atom is -0.462 e. The molecule has 1 unspecified atom stereocenters. The number of benzene rings is 4. The van der Waals surface area contributed by atoms with E-state index < -0.39 is 23.0 Å². The highest BCUT2D eigenvalue weighted by Crippen LogP contribution is 2.41. The zero-order chi connectivity index (χ0) is 36.5. The summed E-state index contributed by atoms with van der Waals surface area (Å²) in [4.78, 5) is 55.9. The molecular formula is C41H36BrN3O5S2. The number of thiophene rings is 1. The molecule has 1 aliphatic rings. The van der Waals surface area contributed by atoms with Gasteiger partial charge >= 0.3 is 5.97 Å². The van der Waals surface area contributed by atoms with Crippen LogP contribution in [0.1, 0.15) is 67.3 Å². The zero-order valence-corrected chi connectivity index (χ0v) is 31.5. The van der Waals surface area contributed by atoms with Crippen LogP contribution in [-0.4, -0.2) is 30.3 Å². The maximum absolute atomic E-state index is 14.1. The van der Waals surface area contributed by atoms with E-state index in [-0.39, 0.29) is 18.2 Å². The lowest BCUT2D eigenvalue weighted by Gasteiger charge is -2.18. The third-order valence-corrected chi connectivity index (χ3v) is 11.3. The summed E-state index contributed by atoms with van der Waals surface area (Å²) in [7, 11) is 0. The van der Waals surface area contributed by atoms with E-state index in [0.29, 0.717) is 21.8 Å². The number of hydrogen-bond donors (Lipinski definition) is 3. The first-order valence-corrected chi connectivity index (χ1v) is 19.4. The van der Waals surface area contributed by atoms with Crippen LogP contribution in [0, 0.1) is 0 Å². The average Bonchev–Trinajstić information content (AvgIpc) is 3.53. The van der Waals surface area contributed by atoms with Crippen molar-refractivity contribution >= 4 is 79.5 Å². The third-order valence-electron chi connectivity index (χ3n) is 8.28. The molecule has 0 saturated carbocycles. The van der Waals surface area contributed by atoms with Gasteiger partial charge in [0.2, 0.25) is 5.91 Å². The van der Waals surface area contributed by atoms with Gasteiger partial charge in [-0.15, -0.1) is 23.1 Å². The molecule has 0 aliphatic heterocycles. The van der Waals surface area contributed by atoms with Crippen LogP contribution in [0.15, 0.2) is 124 Å². The molecule has 1 aliphatic carbocycles. The fourth-order valence-electron chi connectivity index (χ4n) is 5.80. The van der Waals surface area contributed by atoms with Crippen molar-refractivity contribution in [3.8, 4) is 0 Å². The number of carbonyl (C=O) groups is 4. The van der Waals surface area contributed by atoms with Crippen LogP contribution in [0.2, 0.25) is 0 Å². The predicted molar refractivity (Wildman–Crippen MR) is 212 cm³/mol. The highest BCUT2D eigenvalue weighted by atomic mass is 79.9. The molecule has 1 atom stereocenters. The molecule has 1 heterocycles. The van der Waals surface area contributed by atoms with Crippen LogP contribution < -0.4 is 16.0 Å². The molecule has 52 heavy (non-hydrogen) atoms. The molecule has 3 amide bonds. The highest BCUT2D eigenvalue weighted by Gasteiger charge is 2.30. The van der Waals surface area contributed by atoms with Crippen molar-refractivity contribution in [1.82, 2.24) is 5.32 Å². The summed E-state index contributed by atoms with van der Waals surface area (Å²) in [5.74, 6) is -1.63. The second-order valence-corrected chi connectivity index (χ2v) is 15.1. The van der Waals surface area contributed by atoms with Crippen molar-refractivity contribution in [3.05, 3.63) is 152 Å². The summed E-state index contributed by atoms with van der Waals surface area (Å²) in [6.45, 7) is 2.01. The minimum absolute atomic E-state index is 0.0619. The van der Waals surface area contributed by atoms with Gasteiger partial charge in [0.05, 0.1) is 12.2 Å². The van der Waals surface area contributed by atoms with E-state index >= 15 is 0 Å². The number of fused-ring (bicyclic) bond motifs is 1. The van der Waals surface area contributed by atoms with E-state index in [4.69, 9.17) is 4.74 Å². The van der Waals surface area contributed by atoms with E-state index in [1.54, 1.807) is 55.5 Å². The van der Waals surface area contributed by atoms with E-state index in [0.717, 1.165) is 56.6 Å². The fourth-order valence-corrected chi connectivity index (χ4v) is 8.43. The van der Waals surface area contributed by atoms with Crippen LogP contribution in [-0.2, 0) is 27.2 Å². The molecular weight excluding hydrogens is 759 g/mol. The highest BCUT2D eigenvalue weighted by molar-refractivity contribution is 9.10. The summed E-state index contributed by atoms with van der Waals surface area (Å²) in [5, 5.41) is 8.60. The first-order valence-electron chi connectivity index (χ1n) is 16.9. The van der Waals surface area contributed by atoms with Gasteiger partial charge in [0.25, 0.3) is 11.8 Å². The van der Waals surface area contributed by atoms with Crippen molar-refractivity contribution in [2.45, 2.75) is 42.8 Å². The normalized spacial score (nSPS) is 13.0. The smallest absolute Gasteiger partial charge is 0.341 e. The van der Waals surface area contributed by atoms with Crippen molar-refractivity contribution in [1.29, 1.82) is 0 Å². The lowest BCUT2D eigenvalue weighted by atomic mass is 9.95. The number of rotatable bonds is 12. The molecule has 8 nitrogen and oxygen atoms in total. The Bertz CT molecular complexity index is 2100. The molecule has 3 N–H and O–H groups in total. The van der Waals surface area contributed by atoms with Crippen molar-refractivity contribution in [2.24, 2.45) is 0 Å². The molecule has 0 spiro atoms. The third kappa shape index (κ3) is 9.27. The summed E-state index contributed by atoms with van der Waals surface area (Å²) in [6.07, 6.45) is 5.29. The lowest BCUT2D eigenvalue weighted by Crippen LogP contribution is -2.30. The first kappa shape index (κ1) is 36.8. The average molecular weight is 795 g/mol. The van der Waals surface area contributed by atoms with Gasteiger partial charge in [-0.3, -0.25) is 14.4 Å². The number of esters is 1. The largest absolute Gasteiger partial charge is 0.462 e. The molecule has 5 aromatic rings. The van der Waals surface area contributed by atoms with E-state index in [1.807, 2.05) is 66.7 Å². The fraction of sp³-hybridized carbons (Fsp3) is 0.171. The maximum Gasteiger partial charge on any atom is 0.341 e. The molecule has 0 bridgehead atoms. The van der Waals surface area contributed by atoms with Crippen LogP contribution in [0.5, 0.6) is 0 Å². The van der Waals surface area contributed by atoms with Gasteiger partial charge in [-0.1, -0.05) is 82.7 Å². The van der Waals surface area contributed by atoms with E-state index in [9.17, 15) is 19.2 Å². The van der Waals surface area contributed by atoms with Crippen molar-refractivity contribution < 1.29 is 23.9 Å². The summed E-state index contributed by atoms with van der Waals surface area (Å²) >= 11 is 6.21. The molecule has 11 heteroatoms. The number of ether oxygens (including phenoxy) is 1. The maximum atomic E-state index is 14.1. The topological polar surface area (TPSA) is 114 Å². The van der Waals surface area contributed by atoms with E-state index in [1.165, 1.54) is 23.1 Å². The van der Waals surface area contributed by atoms with Crippen LogP contribution in [0.25, 0.3) is 6.08 Å². The number of nitrogens with one attached hydrogen (secondary N) is 3. The number of carbonyl (C=O) groups excluding carboxylic acids is 4. The second-order valence-electron chi connectivity index (χ2n) is 11.9. The summed E-state index contributed by atoms with van der Waals surface area (Å²) in [5.41, 5.74) is 3.90. The van der Waals surface area contributed by atoms with Crippen LogP contribution >= 0.6 is 39.0 Å². The Balaban J connectivity index is 1.24. The minimum atomic E-state index is -0.681. The Labute approximate surface area is 319 Å². The molecule has 0 fully saturated rings. The van der Waals surface area contributed by atoms with Gasteiger partial charge in [0.15, 0.2) is 0 Å². The molecule has 1 aromatic heterocycles. The van der Waals surface area contributed by atoms with Gasteiger partial charge in [-0.2, -0.15) is 0 Å². The lowest BCUT2D eigenvalue weighted by molar-refractivity contribution is -0.116. The molecule has 6 rings (SSSR count). The van der Waals surface area contributed by atoms with Crippen LogP contribution in [0.3, 0.4) is 0 Å². The number of thioether (sulfide) groups is 1. The van der Waals surface area contributed by atoms with Gasteiger partial charge in [-0.25, -0.2) is 4.79 Å². The first-order chi connectivity index (χ1) is 25.3. The Kier molecular flexibility index (Phi) is 12.4. The monoisotopic (exact) mass is 793 g/mol. The number of amides is 3. The molecule has 4 aromatic carbocycles. The molecule has 0 saturated heterocycles. The number of aryl methyl sites for hydroxylation is 1. The number of anilines is 2. The Morgan fingerprint density at radius 3 is 2.31 bits per heavy atom. The second kappa shape index (κ2) is 17.5. The van der Waals surface area contributed by atoms with Gasteiger partial charge in [-0.05, 0) is 97.8 Å². The summed E-state index contributed by atoms with van der Waals surface area (Å²) < 4.78 is 6.29. The quantitative estimate of drug-likeness (QED) is 0.0659. The van der Waals surface area contributed by atoms with Gasteiger partial charge in [0, 0.05) is 25.5 Å². The Morgan fingerprint density at radius 2 is 1.58 bits per heavy atom. The standard InChI is InChI=1S/C41H36BrN3O5S2/c1-2-50-41(49)35-32-18-9-10-19-34(32)52-40(35)45-39(48)36(27-12-5-3-6-13-27)51-31-17-11-16-30(25-31)43-38(47)33(24-26-20-22-29(42)23-21-26)44-37(46)28-14-7-4-8-15-28/h3-8,11-17,20-25,36H,2,9-10,18-19H2,1H3,(H,43,47)(H,44,46)(H,45,48)/b33-24+. The van der Waals surface area contributed by atoms with Gasteiger partial charge < -0.3 is 20.7 Å². The number of halogens is 1. The zero-order valence-electron chi connectivity index (χ0n) is 28.3. The Hall–Kier alpha value is -4.97. The predicted octanol–water partition coefficient (Wildman–Crippen LogP) is 9.45. The van der Waals surface area contributed by atoms with Gasteiger partial charge in [0.1, 0.15) is 15.9 Å². The summed E-state index contributed by atoms with van der Waals surface area (Å²) in [6, 6.07) is 32.7. The van der Waals surface area contributed by atoms with E-state index in [2.05, 4.69) is 31.9 Å². The van der Waals surface area contributed by atoms with Crippen LogP contribution in [0.4, 0.5) is 10.7 Å². The SMILES string of the molecule is CCOC(=O)c1c(NC(=O)C(Sc2cccc(NC(=O)/C(=C\c3ccc(Br)cc3)NC(=O)c3ccccc3)c2)c2ccccc2)sc2c1CCCC2. The Morgan fingerprint density at radius 1 is 0.865 bits per heavy atom. The van der Waals surface area contributed by atoms with Crippen molar-refractivity contribution in [2.75, 3.05) is 17.2 Å².